The molecule has 8 heteroatoms. The third kappa shape index (κ3) is 5.29. The smallest absolute Gasteiger partial charge is 0.256 e. The first-order valence-electron chi connectivity index (χ1n) is 10.5. The van der Waals surface area contributed by atoms with Crippen LogP contribution in [0.15, 0.2) is 72.8 Å². The standard InChI is InChI=1S/C24H25N5O3/c30-22(12-13-25-23(31)19-11-10-16-6-4-5-9-18(16)14-19)28-29-24(32)21-15-20(26-27-21)17-7-2-1-3-8-17/h1-11,14,20-21,26-27H,12-13,15H2,(H,25,31)(H,28,30)(H,29,32). The molecule has 4 rings (SSSR count). The van der Waals surface area contributed by atoms with Gasteiger partial charge in [0.15, 0.2) is 0 Å². The largest absolute Gasteiger partial charge is 0.352 e. The number of benzene rings is 3. The molecule has 3 aromatic carbocycles. The van der Waals surface area contributed by atoms with Gasteiger partial charge in [0.25, 0.3) is 11.8 Å². The molecule has 32 heavy (non-hydrogen) atoms. The van der Waals surface area contributed by atoms with E-state index in [9.17, 15) is 14.4 Å². The third-order valence-corrected chi connectivity index (χ3v) is 5.40. The Labute approximate surface area is 185 Å². The van der Waals surface area contributed by atoms with Crippen LogP contribution in [0.4, 0.5) is 0 Å². The molecule has 1 aliphatic heterocycles. The number of carbonyl (C=O) groups excluding carboxylic acids is 3. The van der Waals surface area contributed by atoms with Gasteiger partial charge in [-0.25, -0.2) is 10.9 Å². The van der Waals surface area contributed by atoms with E-state index < -0.39 is 6.04 Å². The van der Waals surface area contributed by atoms with Crippen LogP contribution in [0.2, 0.25) is 0 Å². The molecule has 1 aliphatic rings. The minimum atomic E-state index is -0.465. The average Bonchev–Trinajstić information content (AvgIpc) is 3.33. The summed E-state index contributed by atoms with van der Waals surface area (Å²) < 4.78 is 0. The van der Waals surface area contributed by atoms with Crippen molar-refractivity contribution in [3.63, 3.8) is 0 Å². The van der Waals surface area contributed by atoms with E-state index >= 15 is 0 Å². The van der Waals surface area contributed by atoms with Crippen molar-refractivity contribution in [1.29, 1.82) is 0 Å². The Hall–Kier alpha value is -3.75. The van der Waals surface area contributed by atoms with Crippen molar-refractivity contribution < 1.29 is 14.4 Å². The average molecular weight is 431 g/mol. The summed E-state index contributed by atoms with van der Waals surface area (Å²) in [5.41, 5.74) is 12.5. The molecule has 2 unspecified atom stereocenters. The Bertz CT molecular complexity index is 1120. The zero-order chi connectivity index (χ0) is 22.3. The summed E-state index contributed by atoms with van der Waals surface area (Å²) in [6, 6.07) is 22.6. The van der Waals surface area contributed by atoms with E-state index in [1.54, 1.807) is 6.07 Å². The minimum absolute atomic E-state index is 0.0213. The fourth-order valence-electron chi connectivity index (χ4n) is 3.64. The molecule has 0 aliphatic carbocycles. The number of hydrogen-bond acceptors (Lipinski definition) is 5. The summed E-state index contributed by atoms with van der Waals surface area (Å²) in [5.74, 6) is -0.965. The molecular formula is C24H25N5O3. The molecule has 0 radical (unpaired) electrons. The first kappa shape index (κ1) is 21.5. The molecule has 5 N–H and O–H groups in total. The van der Waals surface area contributed by atoms with Gasteiger partial charge in [-0.2, -0.15) is 0 Å². The molecule has 164 valence electrons. The maximum absolute atomic E-state index is 12.3. The zero-order valence-electron chi connectivity index (χ0n) is 17.4. The first-order chi connectivity index (χ1) is 15.6. The van der Waals surface area contributed by atoms with Gasteiger partial charge in [-0.3, -0.25) is 25.2 Å². The Morgan fingerprint density at radius 1 is 0.844 bits per heavy atom. The SMILES string of the molecule is O=C(CCNC(=O)c1ccc2ccccc2c1)NNC(=O)C1CC(c2ccccc2)NN1. The van der Waals surface area contributed by atoms with Gasteiger partial charge in [-0.15, -0.1) is 0 Å². The number of fused-ring (bicyclic) bond motifs is 1. The predicted molar refractivity (Wildman–Crippen MR) is 121 cm³/mol. The molecule has 0 bridgehead atoms. The Kier molecular flexibility index (Phi) is 6.74. The fourth-order valence-corrected chi connectivity index (χ4v) is 3.64. The van der Waals surface area contributed by atoms with Crippen molar-refractivity contribution in [1.82, 2.24) is 27.0 Å². The van der Waals surface area contributed by atoms with Gasteiger partial charge in [-0.05, 0) is 34.9 Å². The highest BCUT2D eigenvalue weighted by Gasteiger charge is 2.30. The van der Waals surface area contributed by atoms with E-state index in [4.69, 9.17) is 0 Å². The monoisotopic (exact) mass is 431 g/mol. The molecule has 3 aromatic rings. The second-order valence-corrected chi connectivity index (χ2v) is 7.65. The van der Waals surface area contributed by atoms with Crippen molar-refractivity contribution in [2.75, 3.05) is 6.54 Å². The van der Waals surface area contributed by atoms with Gasteiger partial charge in [0.05, 0.1) is 0 Å². The lowest BCUT2D eigenvalue weighted by Crippen LogP contribution is -2.50. The van der Waals surface area contributed by atoms with Crippen LogP contribution in [0.1, 0.15) is 34.8 Å². The molecule has 0 aromatic heterocycles. The lowest BCUT2D eigenvalue weighted by atomic mass is 10.0. The fraction of sp³-hybridized carbons (Fsp3) is 0.208. The number of carbonyl (C=O) groups is 3. The molecule has 8 nitrogen and oxygen atoms in total. The van der Waals surface area contributed by atoms with Gasteiger partial charge >= 0.3 is 0 Å². The van der Waals surface area contributed by atoms with Gasteiger partial charge in [0.2, 0.25) is 5.91 Å². The molecule has 1 fully saturated rings. The molecule has 0 spiro atoms. The van der Waals surface area contributed by atoms with Gasteiger partial charge < -0.3 is 5.32 Å². The van der Waals surface area contributed by atoms with Crippen molar-refractivity contribution in [2.24, 2.45) is 0 Å². The molecule has 1 saturated heterocycles. The van der Waals surface area contributed by atoms with Crippen LogP contribution in [0.3, 0.4) is 0 Å². The van der Waals surface area contributed by atoms with E-state index in [0.29, 0.717) is 12.0 Å². The molecule has 1 heterocycles. The topological polar surface area (TPSA) is 111 Å². The maximum atomic E-state index is 12.3. The highest BCUT2D eigenvalue weighted by molar-refractivity contribution is 5.98. The summed E-state index contributed by atoms with van der Waals surface area (Å²) in [6.07, 6.45) is 0.607. The summed E-state index contributed by atoms with van der Waals surface area (Å²) in [4.78, 5) is 36.7. The van der Waals surface area contributed by atoms with Crippen LogP contribution in [0, 0.1) is 0 Å². The van der Waals surface area contributed by atoms with E-state index in [2.05, 4.69) is 27.0 Å². The minimum Gasteiger partial charge on any atom is -0.352 e. The highest BCUT2D eigenvalue weighted by atomic mass is 16.2. The molecule has 3 amide bonds. The van der Waals surface area contributed by atoms with Crippen LogP contribution in [-0.2, 0) is 9.59 Å². The van der Waals surface area contributed by atoms with Gasteiger partial charge in [0, 0.05) is 24.6 Å². The number of hydrazine groups is 2. The number of amides is 3. The van der Waals surface area contributed by atoms with Gasteiger partial charge in [-0.1, -0.05) is 60.7 Å². The number of rotatable bonds is 6. The second kappa shape index (κ2) is 10.0. The Morgan fingerprint density at radius 2 is 1.59 bits per heavy atom. The number of hydrogen-bond donors (Lipinski definition) is 5. The van der Waals surface area contributed by atoms with Crippen molar-refractivity contribution >= 4 is 28.5 Å². The lowest BCUT2D eigenvalue weighted by Gasteiger charge is -2.12. The van der Waals surface area contributed by atoms with E-state index in [1.807, 2.05) is 66.7 Å². The molecule has 2 atom stereocenters. The van der Waals surface area contributed by atoms with Crippen molar-refractivity contribution in [3.05, 3.63) is 83.9 Å². The summed E-state index contributed by atoms with van der Waals surface area (Å²) in [6.45, 7) is 0.159. The lowest BCUT2D eigenvalue weighted by molar-refractivity contribution is -0.129. The van der Waals surface area contributed by atoms with Gasteiger partial charge in [0.1, 0.15) is 6.04 Å². The van der Waals surface area contributed by atoms with E-state index in [0.717, 1.165) is 16.3 Å². The van der Waals surface area contributed by atoms with Crippen molar-refractivity contribution in [2.45, 2.75) is 24.9 Å². The Morgan fingerprint density at radius 3 is 2.41 bits per heavy atom. The van der Waals surface area contributed by atoms with Crippen molar-refractivity contribution in [3.8, 4) is 0 Å². The van der Waals surface area contributed by atoms with Crippen LogP contribution in [0.25, 0.3) is 10.8 Å². The highest BCUT2D eigenvalue weighted by Crippen LogP contribution is 2.21. The summed E-state index contributed by atoms with van der Waals surface area (Å²) >= 11 is 0. The maximum Gasteiger partial charge on any atom is 0.256 e. The van der Waals surface area contributed by atoms with Crippen LogP contribution in [-0.4, -0.2) is 30.3 Å². The summed E-state index contributed by atoms with van der Waals surface area (Å²) in [5, 5.41) is 4.76. The predicted octanol–water partition coefficient (Wildman–Crippen LogP) is 1.71. The van der Waals surface area contributed by atoms with Crippen LogP contribution in [0.5, 0.6) is 0 Å². The first-order valence-corrected chi connectivity index (χ1v) is 10.5. The van der Waals surface area contributed by atoms with E-state index in [1.165, 1.54) is 0 Å². The molecule has 0 saturated carbocycles. The number of nitrogens with one attached hydrogen (secondary N) is 5. The molecular weight excluding hydrogens is 406 g/mol. The summed E-state index contributed by atoms with van der Waals surface area (Å²) in [7, 11) is 0. The van der Waals surface area contributed by atoms with Crippen LogP contribution >= 0.6 is 0 Å². The van der Waals surface area contributed by atoms with Crippen LogP contribution < -0.4 is 27.0 Å². The zero-order valence-corrected chi connectivity index (χ0v) is 17.4. The van der Waals surface area contributed by atoms with E-state index in [-0.39, 0.29) is 36.7 Å². The second-order valence-electron chi connectivity index (χ2n) is 7.65. The Balaban J connectivity index is 1.17. The normalized spacial score (nSPS) is 17.6. The third-order valence-electron chi connectivity index (χ3n) is 5.40. The quantitative estimate of drug-likeness (QED) is 0.382.